The van der Waals surface area contributed by atoms with Gasteiger partial charge in [-0.15, -0.1) is 11.8 Å². The van der Waals surface area contributed by atoms with Crippen LogP contribution in [0, 0.1) is 5.82 Å². The van der Waals surface area contributed by atoms with Gasteiger partial charge < -0.3 is 10.1 Å². The second-order valence-corrected chi connectivity index (χ2v) is 5.92. The highest BCUT2D eigenvalue weighted by molar-refractivity contribution is 7.99. The smallest absolute Gasteiger partial charge is 0.169 e. The van der Waals surface area contributed by atoms with E-state index in [1.165, 1.54) is 7.11 Å². The van der Waals surface area contributed by atoms with Crippen molar-refractivity contribution in [2.45, 2.75) is 10.9 Å². The summed E-state index contributed by atoms with van der Waals surface area (Å²) in [4.78, 5) is 0.989. The molecular formula is C16H17ClFNOS. The van der Waals surface area contributed by atoms with Crippen LogP contribution in [0.3, 0.4) is 0 Å². The van der Waals surface area contributed by atoms with Gasteiger partial charge in [0.25, 0.3) is 0 Å². The first-order valence-corrected chi connectivity index (χ1v) is 7.90. The fourth-order valence-corrected chi connectivity index (χ4v) is 3.39. The molecule has 21 heavy (non-hydrogen) atoms. The quantitative estimate of drug-likeness (QED) is 0.788. The molecule has 2 aromatic carbocycles. The Kier molecular flexibility index (Phi) is 5.91. The summed E-state index contributed by atoms with van der Waals surface area (Å²) in [5, 5.41) is 3.85. The van der Waals surface area contributed by atoms with Crippen molar-refractivity contribution >= 4 is 23.4 Å². The Morgan fingerprint density at radius 1 is 1.24 bits per heavy atom. The standard InChI is InChI=1S/C16H17ClFNOS/c1-19-13(10-21-15-9-4-3-7-12(15)17)11-6-5-8-14(20-2)16(11)18/h3-9,13,19H,10H2,1-2H3. The minimum Gasteiger partial charge on any atom is -0.494 e. The van der Waals surface area contributed by atoms with Gasteiger partial charge in [0.2, 0.25) is 0 Å². The average Bonchev–Trinajstić information content (AvgIpc) is 2.51. The van der Waals surface area contributed by atoms with Crippen molar-refractivity contribution < 1.29 is 9.13 Å². The first kappa shape index (κ1) is 16.1. The molecule has 112 valence electrons. The largest absolute Gasteiger partial charge is 0.494 e. The van der Waals surface area contributed by atoms with Crippen LogP contribution in [0.4, 0.5) is 4.39 Å². The Balaban J connectivity index is 2.16. The zero-order chi connectivity index (χ0) is 15.2. The van der Waals surface area contributed by atoms with Gasteiger partial charge in [-0.25, -0.2) is 4.39 Å². The van der Waals surface area contributed by atoms with Gasteiger partial charge in [0.1, 0.15) is 0 Å². The van der Waals surface area contributed by atoms with Crippen LogP contribution in [0.1, 0.15) is 11.6 Å². The molecule has 2 nitrogen and oxygen atoms in total. The lowest BCUT2D eigenvalue weighted by Crippen LogP contribution is -2.20. The number of nitrogens with one attached hydrogen (secondary N) is 1. The van der Waals surface area contributed by atoms with Gasteiger partial charge in [0.15, 0.2) is 11.6 Å². The van der Waals surface area contributed by atoms with Crippen molar-refractivity contribution in [3.63, 3.8) is 0 Å². The molecule has 0 radical (unpaired) electrons. The van der Waals surface area contributed by atoms with E-state index in [0.717, 1.165) is 4.90 Å². The van der Waals surface area contributed by atoms with Crippen LogP contribution in [-0.4, -0.2) is 19.9 Å². The van der Waals surface area contributed by atoms with Gasteiger partial charge in [0.05, 0.1) is 12.1 Å². The fourth-order valence-electron chi connectivity index (χ4n) is 2.02. The molecule has 0 spiro atoms. The van der Waals surface area contributed by atoms with Crippen molar-refractivity contribution in [1.29, 1.82) is 0 Å². The molecule has 0 aromatic heterocycles. The Labute approximate surface area is 133 Å². The van der Waals surface area contributed by atoms with E-state index in [1.54, 1.807) is 30.0 Å². The number of rotatable bonds is 6. The van der Waals surface area contributed by atoms with E-state index in [0.29, 0.717) is 16.3 Å². The van der Waals surface area contributed by atoms with Crippen LogP contribution < -0.4 is 10.1 Å². The van der Waals surface area contributed by atoms with Crippen LogP contribution in [-0.2, 0) is 0 Å². The fraction of sp³-hybridized carbons (Fsp3) is 0.250. The molecule has 0 saturated heterocycles. The van der Waals surface area contributed by atoms with Gasteiger partial charge >= 0.3 is 0 Å². The predicted molar refractivity (Wildman–Crippen MR) is 86.9 cm³/mol. The van der Waals surface area contributed by atoms with Crippen LogP contribution in [0.25, 0.3) is 0 Å². The minimum absolute atomic E-state index is 0.124. The lowest BCUT2D eigenvalue weighted by atomic mass is 10.1. The normalized spacial score (nSPS) is 12.2. The summed E-state index contributed by atoms with van der Waals surface area (Å²) in [6, 6.07) is 12.7. The molecule has 0 saturated carbocycles. The Morgan fingerprint density at radius 3 is 2.67 bits per heavy atom. The van der Waals surface area contributed by atoms with E-state index < -0.39 is 0 Å². The number of benzene rings is 2. The summed E-state index contributed by atoms with van der Waals surface area (Å²) in [6.45, 7) is 0. The third kappa shape index (κ3) is 3.90. The monoisotopic (exact) mass is 325 g/mol. The third-order valence-corrected chi connectivity index (χ3v) is 4.79. The van der Waals surface area contributed by atoms with Crippen molar-refractivity contribution in [1.82, 2.24) is 5.32 Å². The molecule has 1 atom stereocenters. The summed E-state index contributed by atoms with van der Waals surface area (Å²) in [6.07, 6.45) is 0. The van der Waals surface area contributed by atoms with Gasteiger partial charge in [-0.3, -0.25) is 0 Å². The molecule has 2 aromatic rings. The maximum absolute atomic E-state index is 14.3. The van der Waals surface area contributed by atoms with Crippen molar-refractivity contribution in [3.05, 3.63) is 58.9 Å². The zero-order valence-electron chi connectivity index (χ0n) is 11.9. The highest BCUT2D eigenvalue weighted by atomic mass is 35.5. The van der Waals surface area contributed by atoms with Gasteiger partial charge in [-0.1, -0.05) is 35.9 Å². The van der Waals surface area contributed by atoms with E-state index in [-0.39, 0.29) is 17.6 Å². The summed E-state index contributed by atoms with van der Waals surface area (Å²) >= 11 is 7.74. The molecule has 0 aliphatic carbocycles. The number of methoxy groups -OCH3 is 1. The lowest BCUT2D eigenvalue weighted by Gasteiger charge is -2.18. The highest BCUT2D eigenvalue weighted by Crippen LogP contribution is 2.32. The van der Waals surface area contributed by atoms with Gasteiger partial charge in [0, 0.05) is 22.3 Å². The molecule has 0 aliphatic heterocycles. The van der Waals surface area contributed by atoms with Gasteiger partial charge in [-0.2, -0.15) is 0 Å². The third-order valence-electron chi connectivity index (χ3n) is 3.18. The second-order valence-electron chi connectivity index (χ2n) is 4.45. The SMILES string of the molecule is CNC(CSc1ccccc1Cl)c1cccc(OC)c1F. The van der Waals surface area contributed by atoms with E-state index in [1.807, 2.05) is 31.3 Å². The molecule has 5 heteroatoms. The van der Waals surface area contributed by atoms with E-state index in [9.17, 15) is 4.39 Å². The van der Waals surface area contributed by atoms with Crippen molar-refractivity contribution in [2.24, 2.45) is 0 Å². The molecule has 0 amide bonds. The summed E-state index contributed by atoms with van der Waals surface area (Å²) < 4.78 is 19.3. The second kappa shape index (κ2) is 7.69. The van der Waals surface area contributed by atoms with Crippen LogP contribution in [0.2, 0.25) is 5.02 Å². The molecule has 0 fully saturated rings. The summed E-state index contributed by atoms with van der Waals surface area (Å²) in [7, 11) is 3.28. The number of ether oxygens (including phenoxy) is 1. The first-order valence-electron chi connectivity index (χ1n) is 6.54. The number of hydrogen-bond donors (Lipinski definition) is 1. The minimum atomic E-state index is -0.320. The molecule has 2 rings (SSSR count). The van der Waals surface area contributed by atoms with E-state index in [2.05, 4.69) is 5.32 Å². The number of hydrogen-bond acceptors (Lipinski definition) is 3. The maximum atomic E-state index is 14.3. The molecule has 0 bridgehead atoms. The first-order chi connectivity index (χ1) is 10.2. The number of halogens is 2. The lowest BCUT2D eigenvalue weighted by molar-refractivity contribution is 0.381. The predicted octanol–water partition coefficient (Wildman–Crippen LogP) is 4.54. The Morgan fingerprint density at radius 2 is 2.00 bits per heavy atom. The molecular weight excluding hydrogens is 309 g/mol. The molecule has 1 unspecified atom stereocenters. The average molecular weight is 326 g/mol. The zero-order valence-corrected chi connectivity index (χ0v) is 13.5. The Bertz CT molecular complexity index is 609. The topological polar surface area (TPSA) is 21.3 Å². The molecule has 1 N–H and O–H groups in total. The van der Waals surface area contributed by atoms with Crippen LogP contribution in [0.5, 0.6) is 5.75 Å². The molecule has 0 heterocycles. The van der Waals surface area contributed by atoms with Crippen LogP contribution >= 0.6 is 23.4 Å². The van der Waals surface area contributed by atoms with E-state index in [4.69, 9.17) is 16.3 Å². The maximum Gasteiger partial charge on any atom is 0.169 e. The summed E-state index contributed by atoms with van der Waals surface area (Å²) in [5.74, 6) is 0.610. The Hall–Kier alpha value is -1.23. The van der Waals surface area contributed by atoms with Crippen LogP contribution in [0.15, 0.2) is 47.4 Å². The summed E-state index contributed by atoms with van der Waals surface area (Å²) in [5.41, 5.74) is 0.594. The number of thioether (sulfide) groups is 1. The van der Waals surface area contributed by atoms with Crippen molar-refractivity contribution in [3.8, 4) is 5.75 Å². The van der Waals surface area contributed by atoms with E-state index >= 15 is 0 Å². The van der Waals surface area contributed by atoms with Crippen molar-refractivity contribution in [2.75, 3.05) is 19.9 Å². The highest BCUT2D eigenvalue weighted by Gasteiger charge is 2.17. The molecule has 0 aliphatic rings. The van der Waals surface area contributed by atoms with Gasteiger partial charge in [-0.05, 0) is 25.2 Å².